The van der Waals surface area contributed by atoms with E-state index in [0.29, 0.717) is 11.5 Å². The van der Waals surface area contributed by atoms with Crippen LogP contribution in [0, 0.1) is 6.92 Å². The lowest BCUT2D eigenvalue weighted by Crippen LogP contribution is -2.03. The van der Waals surface area contributed by atoms with Crippen LogP contribution in [-0.2, 0) is 4.79 Å². The highest BCUT2D eigenvalue weighted by atomic mass is 16.5. The number of furan rings is 1. The molecule has 0 aliphatic carbocycles. The Morgan fingerprint density at radius 1 is 1.00 bits per heavy atom. The Hall–Kier alpha value is -3.60. The van der Waals surface area contributed by atoms with Crippen LogP contribution < -0.4 is 4.74 Å². The maximum Gasteiger partial charge on any atom is 0.308 e. The van der Waals surface area contributed by atoms with Crippen LogP contribution in [-0.4, -0.2) is 15.7 Å². The fourth-order valence-corrected chi connectivity index (χ4v) is 3.16. The molecule has 0 radical (unpaired) electrons. The van der Waals surface area contributed by atoms with E-state index in [-0.39, 0.29) is 5.97 Å². The van der Waals surface area contributed by atoms with Crippen LogP contribution >= 0.6 is 0 Å². The van der Waals surface area contributed by atoms with Gasteiger partial charge in [-0.25, -0.2) is 4.68 Å². The number of aryl methyl sites for hydroxylation is 1. The predicted octanol–water partition coefficient (Wildman–Crippen LogP) is 5.03. The molecule has 0 bridgehead atoms. The van der Waals surface area contributed by atoms with Gasteiger partial charge in [-0.3, -0.25) is 4.79 Å². The van der Waals surface area contributed by atoms with Gasteiger partial charge in [-0.15, -0.1) is 0 Å². The van der Waals surface area contributed by atoms with Gasteiger partial charge in [-0.2, -0.15) is 5.10 Å². The topological polar surface area (TPSA) is 57.3 Å². The summed E-state index contributed by atoms with van der Waals surface area (Å²) in [7, 11) is 0. The second kappa shape index (κ2) is 6.96. The SMILES string of the molecule is CC(=O)Oc1ccccc1-c1c(C)nn(-c2ccccc2)c1-c1ccco1. The number of carbonyl (C=O) groups excluding carboxylic acids is 1. The molecule has 134 valence electrons. The van der Waals surface area contributed by atoms with Gasteiger partial charge in [0.05, 0.1) is 17.6 Å². The second-order valence-electron chi connectivity index (χ2n) is 6.12. The van der Waals surface area contributed by atoms with Crippen LogP contribution in [0.5, 0.6) is 5.75 Å². The molecule has 5 heteroatoms. The van der Waals surface area contributed by atoms with Gasteiger partial charge in [0.15, 0.2) is 5.76 Å². The molecular formula is C22H18N2O3. The van der Waals surface area contributed by atoms with Gasteiger partial charge < -0.3 is 9.15 Å². The maximum atomic E-state index is 11.6. The number of hydrogen-bond donors (Lipinski definition) is 0. The van der Waals surface area contributed by atoms with E-state index >= 15 is 0 Å². The number of ether oxygens (including phenoxy) is 1. The van der Waals surface area contributed by atoms with Crippen LogP contribution in [0.4, 0.5) is 0 Å². The van der Waals surface area contributed by atoms with Crippen molar-refractivity contribution in [1.82, 2.24) is 9.78 Å². The van der Waals surface area contributed by atoms with Gasteiger partial charge in [0.2, 0.25) is 0 Å². The van der Waals surface area contributed by atoms with Crippen molar-refractivity contribution >= 4 is 5.97 Å². The summed E-state index contributed by atoms with van der Waals surface area (Å²) in [5.74, 6) is 0.815. The van der Waals surface area contributed by atoms with E-state index in [0.717, 1.165) is 28.2 Å². The van der Waals surface area contributed by atoms with Gasteiger partial charge in [0.25, 0.3) is 0 Å². The lowest BCUT2D eigenvalue weighted by atomic mass is 10.0. The Morgan fingerprint density at radius 2 is 1.74 bits per heavy atom. The first kappa shape index (κ1) is 16.8. The molecule has 27 heavy (non-hydrogen) atoms. The number of rotatable bonds is 4. The summed E-state index contributed by atoms with van der Waals surface area (Å²) in [5.41, 5.74) is 4.20. The van der Waals surface area contributed by atoms with E-state index in [1.807, 2.05) is 72.3 Å². The maximum absolute atomic E-state index is 11.6. The Morgan fingerprint density at radius 3 is 2.44 bits per heavy atom. The molecule has 0 atom stereocenters. The summed E-state index contributed by atoms with van der Waals surface area (Å²) in [5, 5.41) is 4.75. The van der Waals surface area contributed by atoms with Gasteiger partial charge >= 0.3 is 5.97 Å². The molecule has 4 aromatic rings. The zero-order valence-corrected chi connectivity index (χ0v) is 15.0. The monoisotopic (exact) mass is 358 g/mol. The minimum atomic E-state index is -0.366. The molecule has 0 spiro atoms. The molecule has 0 saturated heterocycles. The first-order valence-electron chi connectivity index (χ1n) is 8.62. The smallest absolute Gasteiger partial charge is 0.308 e. The molecule has 0 aliphatic rings. The predicted molar refractivity (Wildman–Crippen MR) is 103 cm³/mol. The fourth-order valence-electron chi connectivity index (χ4n) is 3.16. The summed E-state index contributed by atoms with van der Waals surface area (Å²) in [4.78, 5) is 11.6. The van der Waals surface area contributed by atoms with E-state index < -0.39 is 0 Å². The van der Waals surface area contributed by atoms with Crippen molar-refractivity contribution in [3.05, 3.63) is 78.7 Å². The van der Waals surface area contributed by atoms with Crippen molar-refractivity contribution < 1.29 is 13.9 Å². The number of aromatic nitrogens is 2. The molecule has 2 heterocycles. The van der Waals surface area contributed by atoms with Crippen LogP contribution in [0.15, 0.2) is 77.4 Å². The van der Waals surface area contributed by atoms with Crippen molar-refractivity contribution in [3.8, 4) is 34.0 Å². The second-order valence-corrected chi connectivity index (χ2v) is 6.12. The van der Waals surface area contributed by atoms with Crippen LogP contribution in [0.1, 0.15) is 12.6 Å². The summed E-state index contributed by atoms with van der Waals surface area (Å²) in [6, 6.07) is 21.0. The van der Waals surface area contributed by atoms with Crippen LogP contribution in [0.25, 0.3) is 28.3 Å². The molecule has 2 aromatic carbocycles. The van der Waals surface area contributed by atoms with Gasteiger partial charge in [0.1, 0.15) is 11.4 Å². The normalized spacial score (nSPS) is 10.7. The zero-order valence-electron chi connectivity index (χ0n) is 15.0. The van der Waals surface area contributed by atoms with E-state index in [9.17, 15) is 4.79 Å². The quantitative estimate of drug-likeness (QED) is 0.379. The number of carbonyl (C=O) groups is 1. The molecule has 0 N–H and O–H groups in total. The molecule has 5 nitrogen and oxygen atoms in total. The Bertz CT molecular complexity index is 1080. The molecule has 0 aliphatic heterocycles. The third-order valence-corrected chi connectivity index (χ3v) is 4.23. The van der Waals surface area contributed by atoms with Crippen LogP contribution in [0.2, 0.25) is 0 Å². The minimum Gasteiger partial charge on any atom is -0.463 e. The molecule has 2 aromatic heterocycles. The third kappa shape index (κ3) is 3.15. The van der Waals surface area contributed by atoms with E-state index in [2.05, 4.69) is 0 Å². The average Bonchev–Trinajstić information content (AvgIpc) is 3.30. The molecule has 4 rings (SSSR count). The zero-order chi connectivity index (χ0) is 18.8. The van der Waals surface area contributed by atoms with Crippen molar-refractivity contribution in [2.75, 3.05) is 0 Å². The van der Waals surface area contributed by atoms with Crippen molar-refractivity contribution in [1.29, 1.82) is 0 Å². The number of hydrogen-bond acceptors (Lipinski definition) is 4. The first-order valence-corrected chi connectivity index (χ1v) is 8.62. The summed E-state index contributed by atoms with van der Waals surface area (Å²) in [6.07, 6.45) is 1.63. The Kier molecular flexibility index (Phi) is 4.34. The number of nitrogens with zero attached hydrogens (tertiary/aromatic N) is 2. The van der Waals surface area contributed by atoms with Crippen molar-refractivity contribution in [2.45, 2.75) is 13.8 Å². The molecule has 0 amide bonds. The van der Waals surface area contributed by atoms with E-state index in [1.165, 1.54) is 6.92 Å². The molecular weight excluding hydrogens is 340 g/mol. The summed E-state index contributed by atoms with van der Waals surface area (Å²) < 4.78 is 13.0. The third-order valence-electron chi connectivity index (χ3n) is 4.23. The summed E-state index contributed by atoms with van der Waals surface area (Å²) in [6.45, 7) is 3.33. The average molecular weight is 358 g/mol. The standard InChI is InChI=1S/C22H18N2O3/c1-15-21(18-11-6-7-12-19(18)27-16(2)25)22(20-13-8-14-26-20)24(23-15)17-9-4-3-5-10-17/h3-14H,1-2H3. The number of para-hydroxylation sites is 2. The molecule has 0 unspecified atom stereocenters. The lowest BCUT2D eigenvalue weighted by molar-refractivity contribution is -0.131. The molecule has 0 fully saturated rings. The van der Waals surface area contributed by atoms with E-state index in [4.69, 9.17) is 14.3 Å². The number of esters is 1. The highest BCUT2D eigenvalue weighted by Crippen LogP contribution is 2.40. The number of benzene rings is 2. The Balaban J connectivity index is 2.00. The lowest BCUT2D eigenvalue weighted by Gasteiger charge is -2.11. The Labute approximate surface area is 156 Å². The molecule has 0 saturated carbocycles. The van der Waals surface area contributed by atoms with E-state index in [1.54, 1.807) is 12.3 Å². The highest BCUT2D eigenvalue weighted by molar-refractivity contribution is 5.86. The summed E-state index contributed by atoms with van der Waals surface area (Å²) >= 11 is 0. The first-order chi connectivity index (χ1) is 13.1. The van der Waals surface area contributed by atoms with Crippen LogP contribution in [0.3, 0.4) is 0 Å². The van der Waals surface area contributed by atoms with Gasteiger partial charge in [-0.05, 0) is 37.3 Å². The van der Waals surface area contributed by atoms with Gasteiger partial charge in [0, 0.05) is 18.1 Å². The highest BCUT2D eigenvalue weighted by Gasteiger charge is 2.24. The van der Waals surface area contributed by atoms with Gasteiger partial charge in [-0.1, -0.05) is 36.4 Å². The van der Waals surface area contributed by atoms with Crippen molar-refractivity contribution in [2.24, 2.45) is 0 Å². The fraction of sp³-hybridized carbons (Fsp3) is 0.0909. The minimum absolute atomic E-state index is 0.366. The largest absolute Gasteiger partial charge is 0.463 e. The van der Waals surface area contributed by atoms with Crippen molar-refractivity contribution in [3.63, 3.8) is 0 Å².